The van der Waals surface area contributed by atoms with Crippen molar-refractivity contribution in [2.24, 2.45) is 11.8 Å². The van der Waals surface area contributed by atoms with E-state index in [1.807, 2.05) is 84.9 Å². The van der Waals surface area contributed by atoms with E-state index in [2.05, 4.69) is 0 Å². The number of benzene rings is 3. The minimum Gasteiger partial charge on any atom is -0.466 e. The van der Waals surface area contributed by atoms with Gasteiger partial charge in [0.25, 0.3) is 0 Å². The minimum absolute atomic E-state index is 0.204. The number of esters is 2. The number of carbonyl (C=O) groups is 2. The summed E-state index contributed by atoms with van der Waals surface area (Å²) in [6.45, 7) is 3.94. The molecule has 5 nitrogen and oxygen atoms in total. The van der Waals surface area contributed by atoms with E-state index >= 15 is 0 Å². The molecule has 1 saturated heterocycles. The zero-order chi connectivity index (χ0) is 23.1. The number of ether oxygens (including phenoxy) is 3. The van der Waals surface area contributed by atoms with Crippen LogP contribution in [0.5, 0.6) is 0 Å². The van der Waals surface area contributed by atoms with Gasteiger partial charge in [0.2, 0.25) is 0 Å². The van der Waals surface area contributed by atoms with E-state index in [9.17, 15) is 9.59 Å². The molecule has 0 N–H and O–H groups in total. The Morgan fingerprint density at radius 1 is 0.667 bits per heavy atom. The molecule has 0 unspecified atom stereocenters. The molecule has 0 aromatic heterocycles. The van der Waals surface area contributed by atoms with Gasteiger partial charge in [0, 0.05) is 0 Å². The van der Waals surface area contributed by atoms with Gasteiger partial charge in [-0.25, -0.2) is 0 Å². The van der Waals surface area contributed by atoms with Gasteiger partial charge >= 0.3 is 11.9 Å². The molecule has 5 heteroatoms. The van der Waals surface area contributed by atoms with Crippen molar-refractivity contribution in [1.29, 1.82) is 0 Å². The molecule has 2 bridgehead atoms. The van der Waals surface area contributed by atoms with Crippen molar-refractivity contribution in [2.75, 3.05) is 13.2 Å². The van der Waals surface area contributed by atoms with Crippen LogP contribution in [0.2, 0.25) is 0 Å². The fourth-order valence-corrected chi connectivity index (χ4v) is 5.65. The van der Waals surface area contributed by atoms with Gasteiger partial charge < -0.3 is 14.2 Å². The van der Waals surface area contributed by atoms with Crippen molar-refractivity contribution in [2.45, 2.75) is 25.0 Å². The molecule has 168 valence electrons. The maximum atomic E-state index is 13.6. The Bertz CT molecular complexity index is 1080. The zero-order valence-corrected chi connectivity index (χ0v) is 18.7. The van der Waals surface area contributed by atoms with Gasteiger partial charge in [-0.2, -0.15) is 0 Å². The highest BCUT2D eigenvalue weighted by atomic mass is 16.6. The van der Waals surface area contributed by atoms with Gasteiger partial charge in [-0.3, -0.25) is 9.59 Å². The van der Waals surface area contributed by atoms with Gasteiger partial charge in [-0.05, 0) is 36.1 Å². The van der Waals surface area contributed by atoms with E-state index in [4.69, 9.17) is 14.2 Å². The quantitative estimate of drug-likeness (QED) is 0.523. The van der Waals surface area contributed by atoms with Gasteiger partial charge in [-0.15, -0.1) is 0 Å². The van der Waals surface area contributed by atoms with E-state index in [-0.39, 0.29) is 13.2 Å². The maximum Gasteiger partial charge on any atom is 0.313 e. The fraction of sp³-hybridized carbons (Fsp3) is 0.286. The smallest absolute Gasteiger partial charge is 0.313 e. The average molecular weight is 443 g/mol. The topological polar surface area (TPSA) is 61.8 Å². The fourth-order valence-electron chi connectivity index (χ4n) is 5.65. The van der Waals surface area contributed by atoms with Crippen LogP contribution in [-0.4, -0.2) is 25.2 Å². The highest BCUT2D eigenvalue weighted by molar-refractivity contribution is 5.89. The van der Waals surface area contributed by atoms with Gasteiger partial charge in [-0.1, -0.05) is 84.9 Å². The van der Waals surface area contributed by atoms with Crippen LogP contribution >= 0.6 is 0 Å². The monoisotopic (exact) mass is 442 g/mol. The maximum absolute atomic E-state index is 13.6. The lowest BCUT2D eigenvalue weighted by Crippen LogP contribution is -2.49. The van der Waals surface area contributed by atoms with Gasteiger partial charge in [0.15, 0.2) is 0 Å². The second-order valence-corrected chi connectivity index (χ2v) is 8.31. The summed E-state index contributed by atoms with van der Waals surface area (Å²) in [7, 11) is 0. The summed E-state index contributed by atoms with van der Waals surface area (Å²) in [5.74, 6) is -2.75. The first-order valence-corrected chi connectivity index (χ1v) is 11.4. The Morgan fingerprint density at radius 3 is 1.39 bits per heavy atom. The number of fused-ring (bicyclic) bond motifs is 5. The lowest BCUT2D eigenvalue weighted by molar-refractivity contribution is -0.162. The van der Waals surface area contributed by atoms with Crippen LogP contribution in [0.3, 0.4) is 0 Å². The molecule has 1 fully saturated rings. The molecule has 3 aromatic rings. The molecule has 0 aliphatic carbocycles. The Hall–Kier alpha value is -3.44. The molecule has 0 saturated carbocycles. The van der Waals surface area contributed by atoms with Gasteiger partial charge in [0.1, 0.15) is 23.0 Å². The first kappa shape index (κ1) is 21.4. The molecule has 2 aliphatic heterocycles. The van der Waals surface area contributed by atoms with E-state index < -0.39 is 35.0 Å². The first-order valence-electron chi connectivity index (χ1n) is 11.4. The normalized spacial score (nSPS) is 27.1. The molecule has 33 heavy (non-hydrogen) atoms. The van der Waals surface area contributed by atoms with E-state index in [1.54, 1.807) is 13.8 Å². The third-order valence-corrected chi connectivity index (χ3v) is 6.74. The summed E-state index contributed by atoms with van der Waals surface area (Å²) in [5, 5.41) is 0. The predicted octanol–water partition coefficient (Wildman–Crippen LogP) is 4.58. The number of hydrogen-bond donors (Lipinski definition) is 0. The summed E-state index contributed by atoms with van der Waals surface area (Å²) >= 11 is 0. The van der Waals surface area contributed by atoms with Crippen molar-refractivity contribution in [1.82, 2.24) is 0 Å². The highest BCUT2D eigenvalue weighted by Gasteiger charge is 2.75. The number of rotatable bonds is 6. The molecule has 4 atom stereocenters. The largest absolute Gasteiger partial charge is 0.466 e. The molecule has 2 heterocycles. The van der Waals surface area contributed by atoms with Crippen molar-refractivity contribution in [3.63, 3.8) is 0 Å². The van der Waals surface area contributed by atoms with Crippen LogP contribution in [0.15, 0.2) is 84.9 Å². The first-order chi connectivity index (χ1) is 16.1. The Balaban J connectivity index is 1.88. The summed E-state index contributed by atoms with van der Waals surface area (Å²) in [6, 6.07) is 27.1. The third-order valence-electron chi connectivity index (χ3n) is 6.74. The molecular formula is C28H26O5. The summed E-state index contributed by atoms with van der Waals surface area (Å²) < 4.78 is 18.2. The number of carbonyl (C=O) groups excluding carboxylic acids is 2. The molecule has 0 spiro atoms. The van der Waals surface area contributed by atoms with Crippen molar-refractivity contribution < 1.29 is 23.8 Å². The van der Waals surface area contributed by atoms with E-state index in [0.717, 1.165) is 22.3 Å². The predicted molar refractivity (Wildman–Crippen MR) is 122 cm³/mol. The van der Waals surface area contributed by atoms with Crippen molar-refractivity contribution >= 4 is 11.9 Å². The van der Waals surface area contributed by atoms with E-state index in [1.165, 1.54) is 0 Å². The van der Waals surface area contributed by atoms with Crippen molar-refractivity contribution in [3.05, 3.63) is 107 Å². The molecule has 0 radical (unpaired) electrons. The molecule has 0 amide bonds. The summed E-state index contributed by atoms with van der Waals surface area (Å²) in [5.41, 5.74) is 0.993. The Kier molecular flexibility index (Phi) is 5.29. The van der Waals surface area contributed by atoms with Crippen LogP contribution in [0.4, 0.5) is 0 Å². The van der Waals surface area contributed by atoms with Crippen LogP contribution in [0.25, 0.3) is 0 Å². The third kappa shape index (κ3) is 2.89. The molecule has 5 rings (SSSR count). The highest BCUT2D eigenvalue weighted by Crippen LogP contribution is 2.68. The second-order valence-electron chi connectivity index (χ2n) is 8.31. The van der Waals surface area contributed by atoms with Crippen LogP contribution in [-0.2, 0) is 35.0 Å². The zero-order valence-electron chi connectivity index (χ0n) is 18.7. The lowest BCUT2D eigenvalue weighted by Gasteiger charge is -2.38. The molecular weight excluding hydrogens is 416 g/mol. The van der Waals surface area contributed by atoms with Crippen molar-refractivity contribution in [3.8, 4) is 0 Å². The average Bonchev–Trinajstić information content (AvgIpc) is 3.35. The lowest BCUT2D eigenvalue weighted by atomic mass is 9.60. The Labute approximate surface area is 193 Å². The summed E-state index contributed by atoms with van der Waals surface area (Å²) in [6.07, 6.45) is 0. The Morgan fingerprint density at radius 2 is 1.03 bits per heavy atom. The van der Waals surface area contributed by atoms with E-state index in [0.29, 0.717) is 0 Å². The van der Waals surface area contributed by atoms with Crippen LogP contribution in [0.1, 0.15) is 36.1 Å². The van der Waals surface area contributed by atoms with Gasteiger partial charge in [0.05, 0.1) is 13.2 Å². The molecule has 2 aliphatic rings. The molecule has 3 aromatic carbocycles. The number of hydrogen-bond acceptors (Lipinski definition) is 5. The SMILES string of the molecule is CCOC(=O)[C@@H]1[C@H](C(=O)OCC)[C@@]2(c3ccccc3)O[C@@]1(c1ccccc1)c1ccccc12. The summed E-state index contributed by atoms with van der Waals surface area (Å²) in [4.78, 5) is 27.2. The second kappa shape index (κ2) is 8.16. The van der Waals surface area contributed by atoms with Crippen LogP contribution in [0, 0.1) is 11.8 Å². The van der Waals surface area contributed by atoms with Crippen LogP contribution < -0.4 is 0 Å². The minimum atomic E-state index is -1.18. The standard InChI is InChI=1S/C28H26O5/c1-3-31-25(29)23-24(26(30)32-4-2)28(20-15-9-6-10-16-20)22-18-12-11-17-21(22)27(23,33-28)19-13-7-5-8-14-19/h5-18,23-24H,3-4H2,1-2H3/t23-,24+,27-,28-/m0/s1.